The maximum absolute atomic E-state index is 13.6. The maximum atomic E-state index is 13.6. The first-order valence-electron chi connectivity index (χ1n) is 6.42. The number of ether oxygens (including phenoxy) is 1. The number of fused-ring (bicyclic) bond motifs is 1. The van der Waals surface area contributed by atoms with Crippen LogP contribution < -0.4 is 4.74 Å². The van der Waals surface area contributed by atoms with Crippen LogP contribution in [0.3, 0.4) is 0 Å². The number of rotatable bonds is 2. The molecule has 0 aliphatic heterocycles. The van der Waals surface area contributed by atoms with Gasteiger partial charge in [0.1, 0.15) is 4.88 Å². The van der Waals surface area contributed by atoms with Gasteiger partial charge in [-0.15, -0.1) is 11.3 Å². The lowest BCUT2D eigenvalue weighted by Gasteiger charge is -2.08. The summed E-state index contributed by atoms with van der Waals surface area (Å²) in [4.78, 5) is 13.9. The summed E-state index contributed by atoms with van der Waals surface area (Å²) >= 11 is 4.63. The molecule has 1 aliphatic rings. The molecule has 20 heavy (non-hydrogen) atoms. The van der Waals surface area contributed by atoms with Crippen molar-refractivity contribution in [3.8, 4) is 5.75 Å². The van der Waals surface area contributed by atoms with Crippen LogP contribution in [0.15, 0.2) is 28.7 Å². The zero-order valence-electron chi connectivity index (χ0n) is 10.6. The second kappa shape index (κ2) is 5.66. The molecule has 0 N–H and O–H groups in total. The standard InChI is InChI=1S/C15H12BrFO2S/c16-10-5-6-12(11(17)8-10)19-15(18)14-7-9-3-1-2-4-13(9)20-14/h5-8H,1-4H2. The molecule has 0 unspecified atom stereocenters. The molecule has 0 bridgehead atoms. The third-order valence-electron chi connectivity index (χ3n) is 3.29. The Hall–Kier alpha value is -1.20. The van der Waals surface area contributed by atoms with Crippen LogP contribution in [0.25, 0.3) is 0 Å². The maximum Gasteiger partial charge on any atom is 0.353 e. The van der Waals surface area contributed by atoms with Gasteiger partial charge in [0, 0.05) is 9.35 Å². The third kappa shape index (κ3) is 2.79. The van der Waals surface area contributed by atoms with Gasteiger partial charge in [-0.25, -0.2) is 9.18 Å². The van der Waals surface area contributed by atoms with Crippen molar-refractivity contribution in [2.75, 3.05) is 0 Å². The molecule has 1 aromatic heterocycles. The molecule has 3 rings (SSSR count). The Bertz CT molecular complexity index is 642. The first-order chi connectivity index (χ1) is 9.63. The van der Waals surface area contributed by atoms with Crippen molar-refractivity contribution in [3.05, 3.63) is 49.9 Å². The molecular weight excluding hydrogens is 343 g/mol. The molecule has 1 aliphatic carbocycles. The highest BCUT2D eigenvalue weighted by Crippen LogP contribution is 2.31. The average Bonchev–Trinajstić information content (AvgIpc) is 2.86. The van der Waals surface area contributed by atoms with E-state index in [4.69, 9.17) is 4.74 Å². The molecule has 5 heteroatoms. The van der Waals surface area contributed by atoms with Gasteiger partial charge in [0.05, 0.1) is 0 Å². The van der Waals surface area contributed by atoms with E-state index >= 15 is 0 Å². The summed E-state index contributed by atoms with van der Waals surface area (Å²) in [6, 6.07) is 6.26. The van der Waals surface area contributed by atoms with Gasteiger partial charge in [0.2, 0.25) is 0 Å². The minimum atomic E-state index is -0.547. The largest absolute Gasteiger partial charge is 0.419 e. The summed E-state index contributed by atoms with van der Waals surface area (Å²) in [6.45, 7) is 0. The number of thiophene rings is 1. The molecule has 0 spiro atoms. The second-order valence-electron chi connectivity index (χ2n) is 4.73. The van der Waals surface area contributed by atoms with Gasteiger partial charge in [0.15, 0.2) is 11.6 Å². The Morgan fingerprint density at radius 3 is 2.80 bits per heavy atom. The van der Waals surface area contributed by atoms with Crippen LogP contribution >= 0.6 is 27.3 Å². The molecule has 0 saturated heterocycles. The highest BCUT2D eigenvalue weighted by atomic mass is 79.9. The Morgan fingerprint density at radius 1 is 1.25 bits per heavy atom. The van der Waals surface area contributed by atoms with E-state index in [2.05, 4.69) is 15.9 Å². The smallest absolute Gasteiger partial charge is 0.353 e. The van der Waals surface area contributed by atoms with E-state index in [1.165, 1.54) is 46.8 Å². The summed E-state index contributed by atoms with van der Waals surface area (Å²) in [5.41, 5.74) is 1.24. The van der Waals surface area contributed by atoms with Crippen LogP contribution in [-0.2, 0) is 12.8 Å². The van der Waals surface area contributed by atoms with Crippen LogP contribution in [0.2, 0.25) is 0 Å². The van der Waals surface area contributed by atoms with Gasteiger partial charge in [-0.05, 0) is 55.5 Å². The molecule has 0 fully saturated rings. The van der Waals surface area contributed by atoms with Gasteiger partial charge >= 0.3 is 5.97 Å². The molecule has 1 heterocycles. The molecule has 0 saturated carbocycles. The number of hydrogen-bond donors (Lipinski definition) is 0. The van der Waals surface area contributed by atoms with Crippen molar-refractivity contribution in [1.29, 1.82) is 0 Å². The third-order valence-corrected chi connectivity index (χ3v) is 5.00. The monoisotopic (exact) mass is 354 g/mol. The Balaban J connectivity index is 1.80. The zero-order chi connectivity index (χ0) is 14.1. The molecular formula is C15H12BrFO2S. The van der Waals surface area contributed by atoms with E-state index < -0.39 is 11.8 Å². The van der Waals surface area contributed by atoms with Gasteiger partial charge in [-0.2, -0.15) is 0 Å². The number of esters is 1. The molecule has 0 radical (unpaired) electrons. The summed E-state index contributed by atoms with van der Waals surface area (Å²) in [5, 5.41) is 0. The summed E-state index contributed by atoms with van der Waals surface area (Å²) in [6.07, 6.45) is 4.38. The van der Waals surface area contributed by atoms with Crippen LogP contribution in [0, 0.1) is 5.82 Å². The Labute approximate surface area is 128 Å². The number of benzene rings is 1. The first-order valence-corrected chi connectivity index (χ1v) is 8.03. The Kier molecular flexibility index (Phi) is 3.89. The number of carbonyl (C=O) groups is 1. The van der Waals surface area contributed by atoms with Crippen molar-refractivity contribution in [2.24, 2.45) is 0 Å². The quantitative estimate of drug-likeness (QED) is 0.574. The lowest BCUT2D eigenvalue weighted by Crippen LogP contribution is -2.07. The van der Waals surface area contributed by atoms with E-state index in [1.807, 2.05) is 6.07 Å². The minimum Gasteiger partial charge on any atom is -0.419 e. The van der Waals surface area contributed by atoms with E-state index in [-0.39, 0.29) is 5.75 Å². The predicted octanol–water partition coefficient (Wildman–Crippen LogP) is 4.75. The van der Waals surface area contributed by atoms with Crippen molar-refractivity contribution in [1.82, 2.24) is 0 Å². The van der Waals surface area contributed by atoms with E-state index in [0.717, 1.165) is 12.8 Å². The topological polar surface area (TPSA) is 26.3 Å². The number of carbonyl (C=O) groups excluding carboxylic acids is 1. The van der Waals surface area contributed by atoms with E-state index in [1.54, 1.807) is 6.07 Å². The van der Waals surface area contributed by atoms with Gasteiger partial charge < -0.3 is 4.74 Å². The number of hydrogen-bond acceptors (Lipinski definition) is 3. The number of aryl methyl sites for hydroxylation is 2. The fourth-order valence-corrected chi connectivity index (χ4v) is 3.76. The molecule has 2 aromatic rings. The highest BCUT2D eigenvalue weighted by molar-refractivity contribution is 9.10. The van der Waals surface area contributed by atoms with Gasteiger partial charge in [-0.3, -0.25) is 0 Å². The van der Waals surface area contributed by atoms with Crippen LogP contribution in [0.1, 0.15) is 33.0 Å². The molecule has 0 atom stereocenters. The predicted molar refractivity (Wildman–Crippen MR) is 80.0 cm³/mol. The lowest BCUT2D eigenvalue weighted by molar-refractivity contribution is 0.0733. The summed E-state index contributed by atoms with van der Waals surface area (Å²) < 4.78 is 19.4. The van der Waals surface area contributed by atoms with Crippen LogP contribution in [0.5, 0.6) is 5.75 Å². The average molecular weight is 355 g/mol. The minimum absolute atomic E-state index is 0.0374. The van der Waals surface area contributed by atoms with Crippen molar-refractivity contribution in [3.63, 3.8) is 0 Å². The molecule has 0 amide bonds. The molecule has 104 valence electrons. The van der Waals surface area contributed by atoms with Crippen LogP contribution in [-0.4, -0.2) is 5.97 Å². The Morgan fingerprint density at radius 2 is 2.05 bits per heavy atom. The lowest BCUT2D eigenvalue weighted by atomic mass is 9.99. The van der Waals surface area contributed by atoms with Crippen LogP contribution in [0.4, 0.5) is 4.39 Å². The number of halogens is 2. The normalized spacial score (nSPS) is 13.9. The zero-order valence-corrected chi connectivity index (χ0v) is 13.0. The summed E-state index contributed by atoms with van der Waals surface area (Å²) in [7, 11) is 0. The first kappa shape index (κ1) is 13.8. The van der Waals surface area contributed by atoms with Gasteiger partial charge in [0.25, 0.3) is 0 Å². The SMILES string of the molecule is O=C(Oc1ccc(Br)cc1F)c1cc2c(s1)CCCC2. The fourth-order valence-electron chi connectivity index (χ4n) is 2.30. The molecule has 1 aromatic carbocycles. The summed E-state index contributed by atoms with van der Waals surface area (Å²) in [5.74, 6) is -1.07. The van der Waals surface area contributed by atoms with Crippen molar-refractivity contribution >= 4 is 33.2 Å². The van der Waals surface area contributed by atoms with E-state index in [0.29, 0.717) is 9.35 Å². The fraction of sp³-hybridized carbons (Fsp3) is 0.267. The van der Waals surface area contributed by atoms with Gasteiger partial charge in [-0.1, -0.05) is 15.9 Å². The van der Waals surface area contributed by atoms with Crippen molar-refractivity contribution in [2.45, 2.75) is 25.7 Å². The second-order valence-corrected chi connectivity index (χ2v) is 6.78. The molecule has 2 nitrogen and oxygen atoms in total. The highest BCUT2D eigenvalue weighted by Gasteiger charge is 2.19. The van der Waals surface area contributed by atoms with E-state index in [9.17, 15) is 9.18 Å². The van der Waals surface area contributed by atoms with Crippen molar-refractivity contribution < 1.29 is 13.9 Å².